The number of amides is 1. The van der Waals surface area contributed by atoms with Gasteiger partial charge in [0.1, 0.15) is 0 Å². The number of hydrogen-bond donors (Lipinski definition) is 1. The van der Waals surface area contributed by atoms with Crippen LogP contribution in [0.15, 0.2) is 77.5 Å². The van der Waals surface area contributed by atoms with Crippen LogP contribution in [0.2, 0.25) is 0 Å². The van der Waals surface area contributed by atoms with Crippen LogP contribution >= 0.6 is 11.8 Å². The van der Waals surface area contributed by atoms with Crippen LogP contribution in [0, 0.1) is 5.41 Å². The molecule has 37 heavy (non-hydrogen) atoms. The van der Waals surface area contributed by atoms with Gasteiger partial charge >= 0.3 is 6.01 Å². The summed E-state index contributed by atoms with van der Waals surface area (Å²) in [5.41, 5.74) is 5.52. The summed E-state index contributed by atoms with van der Waals surface area (Å²) in [6.45, 7) is 8.46. The van der Waals surface area contributed by atoms with Gasteiger partial charge in [-0.2, -0.15) is 0 Å². The number of hydrogen-bond acceptors (Lipinski definition) is 5. The van der Waals surface area contributed by atoms with Crippen molar-refractivity contribution in [2.75, 3.05) is 17.7 Å². The molecule has 1 fully saturated rings. The average molecular weight is 515 g/mol. The topological polar surface area (TPSA) is 69.0 Å². The first-order valence-corrected chi connectivity index (χ1v) is 14.1. The maximum absolute atomic E-state index is 14.3. The summed E-state index contributed by atoms with van der Waals surface area (Å²) in [4.78, 5) is 14.3. The van der Waals surface area contributed by atoms with Gasteiger partial charge in [0.25, 0.3) is 5.91 Å². The molecular formula is C30H34N4O2S. The first-order chi connectivity index (χ1) is 18.0. The lowest BCUT2D eigenvalue weighted by atomic mass is 9.61. The molecule has 6 nitrogen and oxygen atoms in total. The van der Waals surface area contributed by atoms with Gasteiger partial charge in [-0.1, -0.05) is 90.7 Å². The monoisotopic (exact) mass is 514 g/mol. The number of thioether (sulfide) groups is 1. The van der Waals surface area contributed by atoms with E-state index in [2.05, 4.69) is 40.3 Å². The Morgan fingerprint density at radius 1 is 1.08 bits per heavy atom. The molecule has 1 aromatic heterocycles. The molecule has 2 aliphatic carbocycles. The molecule has 0 unspecified atom stereocenters. The second kappa shape index (κ2) is 11.0. The SMILES string of the molecule is C=C(C)CSc1nnc(OCC)n1C1=C(C(=O)Nc2ccccc2)C2(CCCCC2)Cc2ccccc21. The summed E-state index contributed by atoms with van der Waals surface area (Å²) in [6.07, 6.45) is 6.21. The van der Waals surface area contributed by atoms with Crippen LogP contribution in [-0.2, 0) is 11.2 Å². The van der Waals surface area contributed by atoms with Crippen molar-refractivity contribution in [1.29, 1.82) is 0 Å². The molecule has 2 aromatic carbocycles. The minimum absolute atomic E-state index is 0.0652. The molecule has 192 valence electrons. The van der Waals surface area contributed by atoms with Crippen LogP contribution in [0.3, 0.4) is 0 Å². The summed E-state index contributed by atoms with van der Waals surface area (Å²) in [7, 11) is 0. The number of fused-ring (bicyclic) bond motifs is 1. The molecule has 0 saturated heterocycles. The lowest BCUT2D eigenvalue weighted by Crippen LogP contribution is -2.39. The molecule has 1 N–H and O–H groups in total. The molecule has 1 saturated carbocycles. The molecule has 0 bridgehead atoms. The largest absolute Gasteiger partial charge is 0.464 e. The Morgan fingerprint density at radius 3 is 2.54 bits per heavy atom. The molecular weight excluding hydrogens is 480 g/mol. The van der Waals surface area contributed by atoms with E-state index in [-0.39, 0.29) is 11.3 Å². The fourth-order valence-electron chi connectivity index (χ4n) is 5.65. The Hall–Kier alpha value is -3.32. The highest BCUT2D eigenvalue weighted by Crippen LogP contribution is 2.53. The number of para-hydroxylation sites is 1. The van der Waals surface area contributed by atoms with Crippen molar-refractivity contribution in [3.8, 4) is 6.01 Å². The number of rotatable bonds is 8. The Bertz CT molecular complexity index is 1320. The summed E-state index contributed by atoms with van der Waals surface area (Å²) >= 11 is 1.57. The molecule has 5 rings (SSSR count). The normalized spacial score (nSPS) is 16.4. The maximum Gasteiger partial charge on any atom is 0.322 e. The quantitative estimate of drug-likeness (QED) is 0.266. The lowest BCUT2D eigenvalue weighted by Gasteiger charge is -2.44. The third kappa shape index (κ3) is 5.10. The van der Waals surface area contributed by atoms with Gasteiger partial charge in [-0.25, -0.2) is 4.57 Å². The van der Waals surface area contributed by atoms with Gasteiger partial charge in [-0.3, -0.25) is 4.79 Å². The van der Waals surface area contributed by atoms with Gasteiger partial charge in [0, 0.05) is 28.0 Å². The highest BCUT2D eigenvalue weighted by molar-refractivity contribution is 7.99. The van der Waals surface area contributed by atoms with E-state index in [0.717, 1.165) is 60.2 Å². The van der Waals surface area contributed by atoms with Gasteiger partial charge in [0.15, 0.2) is 5.16 Å². The zero-order valence-electron chi connectivity index (χ0n) is 21.6. The molecule has 1 spiro atoms. The van der Waals surface area contributed by atoms with Crippen LogP contribution < -0.4 is 10.1 Å². The fraction of sp³-hybridized carbons (Fsp3) is 0.367. The van der Waals surface area contributed by atoms with Crippen LogP contribution in [0.5, 0.6) is 6.01 Å². The van der Waals surface area contributed by atoms with Crippen molar-refractivity contribution in [2.45, 2.75) is 57.5 Å². The smallest absolute Gasteiger partial charge is 0.322 e. The predicted molar refractivity (Wildman–Crippen MR) is 150 cm³/mol. The summed E-state index contributed by atoms with van der Waals surface area (Å²) in [5, 5.41) is 12.8. The number of nitrogens with zero attached hydrogens (tertiary/aromatic N) is 3. The molecule has 0 aliphatic heterocycles. The zero-order valence-corrected chi connectivity index (χ0v) is 22.4. The van der Waals surface area contributed by atoms with Gasteiger partial charge in [0.05, 0.1) is 12.3 Å². The van der Waals surface area contributed by atoms with Crippen molar-refractivity contribution in [3.05, 3.63) is 83.4 Å². The number of nitrogens with one attached hydrogen (secondary N) is 1. The van der Waals surface area contributed by atoms with Crippen molar-refractivity contribution < 1.29 is 9.53 Å². The predicted octanol–water partition coefficient (Wildman–Crippen LogP) is 6.75. The van der Waals surface area contributed by atoms with E-state index in [1.54, 1.807) is 11.8 Å². The van der Waals surface area contributed by atoms with Crippen LogP contribution in [0.25, 0.3) is 5.70 Å². The van der Waals surface area contributed by atoms with Gasteiger partial charge in [-0.05, 0) is 50.8 Å². The van der Waals surface area contributed by atoms with E-state index in [1.165, 1.54) is 12.0 Å². The third-order valence-corrected chi connectivity index (χ3v) is 8.35. The second-order valence-electron chi connectivity index (χ2n) is 10.00. The number of benzene rings is 2. The number of aromatic nitrogens is 3. The number of carbonyl (C=O) groups excluding carboxylic acids is 1. The van der Waals surface area contributed by atoms with E-state index >= 15 is 0 Å². The third-order valence-electron chi connectivity index (χ3n) is 7.19. The van der Waals surface area contributed by atoms with Crippen molar-refractivity contribution in [1.82, 2.24) is 14.8 Å². The standard InChI is InChI=1S/C30H34N4O2S/c1-4-36-28-32-33-29(37-20-21(2)3)34(28)26-24-16-10-9-13-22(24)19-30(17-11-6-12-18-30)25(26)27(35)31-23-14-7-5-8-15-23/h5,7-10,13-16H,2,4,6,11-12,17-20H2,1,3H3,(H,31,35). The molecule has 1 amide bonds. The Labute approximate surface area is 223 Å². The van der Waals surface area contributed by atoms with E-state index in [4.69, 9.17) is 4.74 Å². The summed E-state index contributed by atoms with van der Waals surface area (Å²) in [6, 6.07) is 18.5. The first kappa shape index (κ1) is 25.3. The molecule has 3 aromatic rings. The van der Waals surface area contributed by atoms with Crippen LogP contribution in [-0.4, -0.2) is 33.0 Å². The second-order valence-corrected chi connectivity index (χ2v) is 10.9. The minimum Gasteiger partial charge on any atom is -0.464 e. The van der Waals surface area contributed by atoms with E-state index in [9.17, 15) is 4.79 Å². The number of anilines is 1. The minimum atomic E-state index is -0.259. The molecule has 0 atom stereocenters. The van der Waals surface area contributed by atoms with Crippen LogP contribution in [0.1, 0.15) is 57.1 Å². The van der Waals surface area contributed by atoms with Crippen molar-refractivity contribution in [3.63, 3.8) is 0 Å². The highest BCUT2D eigenvalue weighted by atomic mass is 32.2. The van der Waals surface area contributed by atoms with Crippen LogP contribution in [0.4, 0.5) is 5.69 Å². The Kier molecular flexibility index (Phi) is 7.51. The maximum atomic E-state index is 14.3. The summed E-state index contributed by atoms with van der Waals surface area (Å²) in [5.74, 6) is 0.639. The lowest BCUT2D eigenvalue weighted by molar-refractivity contribution is -0.114. The molecule has 1 heterocycles. The van der Waals surface area contributed by atoms with E-state index in [1.807, 2.05) is 54.8 Å². The van der Waals surface area contributed by atoms with E-state index < -0.39 is 0 Å². The fourth-order valence-corrected chi connectivity index (χ4v) is 6.42. The van der Waals surface area contributed by atoms with Gasteiger partial charge in [0.2, 0.25) is 0 Å². The zero-order chi connectivity index (χ0) is 25.8. The van der Waals surface area contributed by atoms with Gasteiger partial charge in [-0.15, -0.1) is 5.10 Å². The number of carbonyl (C=O) groups is 1. The van der Waals surface area contributed by atoms with Crippen molar-refractivity contribution in [2.24, 2.45) is 5.41 Å². The average Bonchev–Trinajstić information content (AvgIpc) is 3.30. The molecule has 0 radical (unpaired) electrons. The first-order valence-electron chi connectivity index (χ1n) is 13.1. The number of ether oxygens (including phenoxy) is 1. The van der Waals surface area contributed by atoms with Crippen molar-refractivity contribution >= 4 is 29.1 Å². The van der Waals surface area contributed by atoms with E-state index in [0.29, 0.717) is 23.5 Å². The Morgan fingerprint density at radius 2 is 1.81 bits per heavy atom. The summed E-state index contributed by atoms with van der Waals surface area (Å²) < 4.78 is 7.98. The highest BCUT2D eigenvalue weighted by Gasteiger charge is 2.46. The molecule has 2 aliphatic rings. The Balaban J connectivity index is 1.77. The molecule has 7 heteroatoms. The van der Waals surface area contributed by atoms with Gasteiger partial charge < -0.3 is 10.1 Å².